The quantitative estimate of drug-likeness (QED) is 0.875. The minimum absolute atomic E-state index is 0.000191. The smallest absolute Gasteiger partial charge is 0.0602 e. The van der Waals surface area contributed by atoms with E-state index in [1.165, 1.54) is 5.56 Å². The highest BCUT2D eigenvalue weighted by atomic mass is 15.3. The largest absolute Gasteiger partial charge is 0.322 e. The zero-order valence-corrected chi connectivity index (χ0v) is 10.4. The Morgan fingerprint density at radius 2 is 1.94 bits per heavy atom. The predicted octanol–water partition coefficient (Wildman–Crippen LogP) is 2.45. The van der Waals surface area contributed by atoms with E-state index in [-0.39, 0.29) is 6.04 Å². The van der Waals surface area contributed by atoms with Crippen LogP contribution in [0.15, 0.2) is 36.5 Å². The SMILES string of the molecule is CCc1ccc(C(N)Cn2ccc(C)n2)cc1. The maximum atomic E-state index is 6.17. The van der Waals surface area contributed by atoms with Gasteiger partial charge in [0.05, 0.1) is 12.2 Å². The van der Waals surface area contributed by atoms with Crippen LogP contribution in [-0.2, 0) is 13.0 Å². The summed E-state index contributed by atoms with van der Waals surface area (Å²) in [7, 11) is 0. The summed E-state index contributed by atoms with van der Waals surface area (Å²) in [5, 5.41) is 4.35. The van der Waals surface area contributed by atoms with Crippen molar-refractivity contribution in [3.63, 3.8) is 0 Å². The number of rotatable bonds is 4. The summed E-state index contributed by atoms with van der Waals surface area (Å²) in [6.45, 7) is 4.86. The predicted molar refractivity (Wildman–Crippen MR) is 69.7 cm³/mol. The summed E-state index contributed by atoms with van der Waals surface area (Å²) >= 11 is 0. The van der Waals surface area contributed by atoms with E-state index in [9.17, 15) is 0 Å². The Morgan fingerprint density at radius 3 is 2.47 bits per heavy atom. The first-order chi connectivity index (χ1) is 8.19. The first-order valence-electron chi connectivity index (χ1n) is 6.03. The molecule has 1 aromatic heterocycles. The van der Waals surface area contributed by atoms with Gasteiger partial charge in [0.15, 0.2) is 0 Å². The van der Waals surface area contributed by atoms with Crippen LogP contribution in [0.1, 0.15) is 29.8 Å². The van der Waals surface area contributed by atoms with Gasteiger partial charge in [0.2, 0.25) is 0 Å². The van der Waals surface area contributed by atoms with Crippen LogP contribution in [0.25, 0.3) is 0 Å². The van der Waals surface area contributed by atoms with Crippen LogP contribution in [0.5, 0.6) is 0 Å². The van der Waals surface area contributed by atoms with Crippen molar-refractivity contribution in [3.05, 3.63) is 53.3 Å². The van der Waals surface area contributed by atoms with Crippen LogP contribution in [0.4, 0.5) is 0 Å². The van der Waals surface area contributed by atoms with Gasteiger partial charge < -0.3 is 5.73 Å². The lowest BCUT2D eigenvalue weighted by Crippen LogP contribution is -2.18. The van der Waals surface area contributed by atoms with Gasteiger partial charge in [0, 0.05) is 12.2 Å². The second-order valence-corrected chi connectivity index (χ2v) is 4.38. The molecule has 0 bridgehead atoms. The van der Waals surface area contributed by atoms with E-state index in [1.807, 2.05) is 23.9 Å². The second kappa shape index (κ2) is 5.15. The monoisotopic (exact) mass is 229 g/mol. The molecule has 0 spiro atoms. The summed E-state index contributed by atoms with van der Waals surface area (Å²) in [6.07, 6.45) is 3.03. The van der Waals surface area contributed by atoms with Crippen LogP contribution < -0.4 is 5.73 Å². The fourth-order valence-corrected chi connectivity index (χ4v) is 1.87. The van der Waals surface area contributed by atoms with Gasteiger partial charge in [-0.05, 0) is 30.5 Å². The number of aryl methyl sites for hydroxylation is 2. The molecule has 1 atom stereocenters. The first kappa shape index (κ1) is 11.9. The number of nitrogens with zero attached hydrogens (tertiary/aromatic N) is 2. The van der Waals surface area contributed by atoms with Gasteiger partial charge in [-0.2, -0.15) is 5.10 Å². The van der Waals surface area contributed by atoms with Crippen LogP contribution in [0, 0.1) is 6.92 Å². The van der Waals surface area contributed by atoms with Crippen molar-refractivity contribution >= 4 is 0 Å². The highest BCUT2D eigenvalue weighted by Crippen LogP contribution is 2.14. The lowest BCUT2D eigenvalue weighted by molar-refractivity contribution is 0.525. The molecule has 1 aromatic carbocycles. The first-order valence-corrected chi connectivity index (χ1v) is 6.03. The van der Waals surface area contributed by atoms with Gasteiger partial charge >= 0.3 is 0 Å². The lowest BCUT2D eigenvalue weighted by atomic mass is 10.0. The Morgan fingerprint density at radius 1 is 1.24 bits per heavy atom. The highest BCUT2D eigenvalue weighted by Gasteiger charge is 2.07. The molecule has 0 aliphatic carbocycles. The van der Waals surface area contributed by atoms with Crippen LogP contribution in [0.2, 0.25) is 0 Å². The van der Waals surface area contributed by atoms with E-state index >= 15 is 0 Å². The maximum absolute atomic E-state index is 6.17. The van der Waals surface area contributed by atoms with Crippen molar-refractivity contribution in [1.82, 2.24) is 9.78 Å². The Kier molecular flexibility index (Phi) is 3.59. The van der Waals surface area contributed by atoms with E-state index in [0.717, 1.165) is 24.2 Å². The normalized spacial score (nSPS) is 12.6. The molecular weight excluding hydrogens is 210 g/mol. The summed E-state index contributed by atoms with van der Waals surface area (Å²) in [6, 6.07) is 10.5. The van der Waals surface area contributed by atoms with Crippen LogP contribution in [-0.4, -0.2) is 9.78 Å². The average Bonchev–Trinajstić information content (AvgIpc) is 2.75. The molecule has 0 saturated carbocycles. The molecule has 17 heavy (non-hydrogen) atoms. The molecule has 2 rings (SSSR count). The molecule has 2 aromatic rings. The third kappa shape index (κ3) is 2.94. The molecule has 1 unspecified atom stereocenters. The van der Waals surface area contributed by atoms with Crippen LogP contribution >= 0.6 is 0 Å². The zero-order valence-electron chi connectivity index (χ0n) is 10.4. The van der Waals surface area contributed by atoms with E-state index in [1.54, 1.807) is 0 Å². The average molecular weight is 229 g/mol. The number of aromatic nitrogens is 2. The molecule has 3 nitrogen and oxygen atoms in total. The fraction of sp³-hybridized carbons (Fsp3) is 0.357. The molecule has 3 heteroatoms. The van der Waals surface area contributed by atoms with E-state index in [4.69, 9.17) is 5.73 Å². The van der Waals surface area contributed by atoms with E-state index in [2.05, 4.69) is 36.3 Å². The molecule has 0 aliphatic rings. The Bertz CT molecular complexity index is 470. The topological polar surface area (TPSA) is 43.8 Å². The molecule has 90 valence electrons. The maximum Gasteiger partial charge on any atom is 0.0602 e. The summed E-state index contributed by atoms with van der Waals surface area (Å²) in [5.74, 6) is 0. The molecule has 0 amide bonds. The summed E-state index contributed by atoms with van der Waals surface area (Å²) in [5.41, 5.74) is 9.70. The van der Waals surface area contributed by atoms with Gasteiger partial charge in [-0.15, -0.1) is 0 Å². The highest BCUT2D eigenvalue weighted by molar-refractivity contribution is 5.24. The molecule has 0 fully saturated rings. The summed E-state index contributed by atoms with van der Waals surface area (Å²) < 4.78 is 1.90. The van der Waals surface area contributed by atoms with Gasteiger partial charge in [0.1, 0.15) is 0 Å². The van der Waals surface area contributed by atoms with Gasteiger partial charge in [-0.25, -0.2) is 0 Å². The molecule has 0 saturated heterocycles. The minimum atomic E-state index is 0.000191. The molecule has 1 heterocycles. The fourth-order valence-electron chi connectivity index (χ4n) is 1.87. The van der Waals surface area contributed by atoms with Crippen molar-refractivity contribution in [2.45, 2.75) is 32.9 Å². The molecule has 0 aliphatic heterocycles. The standard InChI is InChI=1S/C14H19N3/c1-3-12-4-6-13(7-5-12)14(15)10-17-9-8-11(2)16-17/h4-9,14H,3,10,15H2,1-2H3. The van der Waals surface area contributed by atoms with Gasteiger partial charge in [-0.3, -0.25) is 4.68 Å². The molecular formula is C14H19N3. The second-order valence-electron chi connectivity index (χ2n) is 4.38. The Hall–Kier alpha value is -1.61. The van der Waals surface area contributed by atoms with Gasteiger partial charge in [-0.1, -0.05) is 31.2 Å². The van der Waals surface area contributed by atoms with E-state index in [0.29, 0.717) is 0 Å². The number of nitrogens with two attached hydrogens (primary N) is 1. The Balaban J connectivity index is 2.06. The van der Waals surface area contributed by atoms with Crippen molar-refractivity contribution < 1.29 is 0 Å². The minimum Gasteiger partial charge on any atom is -0.322 e. The number of benzene rings is 1. The third-order valence-electron chi connectivity index (χ3n) is 2.97. The lowest BCUT2D eigenvalue weighted by Gasteiger charge is -2.12. The van der Waals surface area contributed by atoms with Crippen molar-refractivity contribution in [1.29, 1.82) is 0 Å². The Labute approximate surface area is 102 Å². The number of hydrogen-bond donors (Lipinski definition) is 1. The van der Waals surface area contributed by atoms with Crippen LogP contribution in [0.3, 0.4) is 0 Å². The summed E-state index contributed by atoms with van der Waals surface area (Å²) in [4.78, 5) is 0. The van der Waals surface area contributed by atoms with Crippen molar-refractivity contribution in [2.24, 2.45) is 5.73 Å². The third-order valence-corrected chi connectivity index (χ3v) is 2.97. The van der Waals surface area contributed by atoms with Gasteiger partial charge in [0.25, 0.3) is 0 Å². The van der Waals surface area contributed by atoms with Crippen molar-refractivity contribution in [2.75, 3.05) is 0 Å². The molecule has 0 radical (unpaired) electrons. The molecule has 2 N–H and O–H groups in total. The van der Waals surface area contributed by atoms with E-state index < -0.39 is 0 Å². The number of hydrogen-bond acceptors (Lipinski definition) is 2. The van der Waals surface area contributed by atoms with Crippen molar-refractivity contribution in [3.8, 4) is 0 Å². The zero-order chi connectivity index (χ0) is 12.3.